The Morgan fingerprint density at radius 3 is 2.58 bits per heavy atom. The fourth-order valence-corrected chi connectivity index (χ4v) is 3.00. The molecule has 0 radical (unpaired) electrons. The normalized spacial score (nSPS) is 15.1. The third-order valence-corrected chi connectivity index (χ3v) is 4.33. The van der Waals surface area contributed by atoms with Crippen LogP contribution < -0.4 is 19.7 Å². The standard InChI is InChI=1S/C21H17ClN2O7/c1-2-30-17-9-12(6-7-16(17)31-11-18(25)26)8-15-19(27)23-21(29)24(20(15)28)14-5-3-4-13(22)10-14/h3-10H,2,11H2,1H3,(H,25,26)(H,23,27,29)/b15-8-. The van der Waals surface area contributed by atoms with Crippen LogP contribution in [0.25, 0.3) is 6.08 Å². The number of anilines is 1. The van der Waals surface area contributed by atoms with Gasteiger partial charge in [-0.05, 0) is 48.9 Å². The fraction of sp³-hybridized carbons (Fsp3) is 0.143. The van der Waals surface area contributed by atoms with Crippen molar-refractivity contribution in [2.45, 2.75) is 6.92 Å². The van der Waals surface area contributed by atoms with Gasteiger partial charge in [0.1, 0.15) is 5.57 Å². The number of hydrogen-bond acceptors (Lipinski definition) is 6. The number of carboxylic acids is 1. The van der Waals surface area contributed by atoms with Crippen LogP contribution in [-0.2, 0) is 14.4 Å². The Balaban J connectivity index is 1.96. The number of rotatable bonds is 7. The Hall–Kier alpha value is -3.85. The Morgan fingerprint density at radius 2 is 1.90 bits per heavy atom. The molecule has 31 heavy (non-hydrogen) atoms. The smallest absolute Gasteiger partial charge is 0.341 e. The van der Waals surface area contributed by atoms with Gasteiger partial charge in [0, 0.05) is 5.02 Å². The molecule has 4 amide bonds. The molecular weight excluding hydrogens is 428 g/mol. The van der Waals surface area contributed by atoms with Gasteiger partial charge in [0.15, 0.2) is 18.1 Å². The Kier molecular flexibility index (Phi) is 6.56. The van der Waals surface area contributed by atoms with Crippen molar-refractivity contribution in [3.8, 4) is 11.5 Å². The minimum absolute atomic E-state index is 0.196. The van der Waals surface area contributed by atoms with Crippen LogP contribution >= 0.6 is 11.6 Å². The first-order valence-electron chi connectivity index (χ1n) is 9.08. The number of imide groups is 2. The van der Waals surface area contributed by atoms with E-state index in [4.69, 9.17) is 26.2 Å². The molecule has 1 heterocycles. The van der Waals surface area contributed by atoms with Gasteiger partial charge in [0.2, 0.25) is 0 Å². The van der Waals surface area contributed by atoms with Crippen molar-refractivity contribution in [3.63, 3.8) is 0 Å². The van der Waals surface area contributed by atoms with Gasteiger partial charge in [-0.1, -0.05) is 23.7 Å². The van der Waals surface area contributed by atoms with E-state index in [1.165, 1.54) is 36.4 Å². The van der Waals surface area contributed by atoms with Crippen molar-refractivity contribution in [2.75, 3.05) is 18.1 Å². The summed E-state index contributed by atoms with van der Waals surface area (Å²) in [5.41, 5.74) is 0.340. The van der Waals surface area contributed by atoms with Crippen LogP contribution in [0.4, 0.5) is 10.5 Å². The van der Waals surface area contributed by atoms with Crippen LogP contribution in [0, 0.1) is 0 Å². The zero-order valence-corrected chi connectivity index (χ0v) is 17.0. The van der Waals surface area contributed by atoms with Crippen LogP contribution in [0.3, 0.4) is 0 Å². The lowest BCUT2D eigenvalue weighted by atomic mass is 10.1. The third-order valence-electron chi connectivity index (χ3n) is 4.10. The largest absolute Gasteiger partial charge is 0.490 e. The molecule has 160 valence electrons. The number of carbonyl (C=O) groups is 4. The average Bonchev–Trinajstić information content (AvgIpc) is 2.70. The van der Waals surface area contributed by atoms with Crippen molar-refractivity contribution in [1.29, 1.82) is 0 Å². The van der Waals surface area contributed by atoms with Crippen molar-refractivity contribution in [2.24, 2.45) is 0 Å². The molecule has 1 aliphatic rings. The lowest BCUT2D eigenvalue weighted by Crippen LogP contribution is -2.54. The van der Waals surface area contributed by atoms with Gasteiger partial charge >= 0.3 is 12.0 Å². The molecular formula is C21H17ClN2O7. The second-order valence-electron chi connectivity index (χ2n) is 6.26. The predicted octanol–water partition coefficient (Wildman–Crippen LogP) is 2.87. The highest BCUT2D eigenvalue weighted by Gasteiger charge is 2.36. The highest BCUT2D eigenvalue weighted by Crippen LogP contribution is 2.30. The lowest BCUT2D eigenvalue weighted by molar-refractivity contribution is -0.139. The summed E-state index contributed by atoms with van der Waals surface area (Å²) in [5, 5.41) is 11.2. The molecule has 0 aliphatic carbocycles. The van der Waals surface area contributed by atoms with Crippen molar-refractivity contribution >= 4 is 47.2 Å². The van der Waals surface area contributed by atoms with Gasteiger partial charge < -0.3 is 14.6 Å². The molecule has 1 aliphatic heterocycles. The van der Waals surface area contributed by atoms with Crippen LogP contribution in [0.1, 0.15) is 12.5 Å². The number of benzene rings is 2. The quantitative estimate of drug-likeness (QED) is 0.497. The number of carboxylic acid groups (broad SMARTS) is 1. The SMILES string of the molecule is CCOc1cc(/C=C2/C(=O)NC(=O)N(c3cccc(Cl)c3)C2=O)ccc1OCC(=O)O. The Bertz CT molecular complexity index is 1100. The summed E-state index contributed by atoms with van der Waals surface area (Å²) in [4.78, 5) is 49.1. The second kappa shape index (κ2) is 9.31. The molecule has 0 unspecified atom stereocenters. The first kappa shape index (κ1) is 21.8. The zero-order chi connectivity index (χ0) is 22.5. The first-order valence-corrected chi connectivity index (χ1v) is 9.46. The minimum atomic E-state index is -1.15. The summed E-state index contributed by atoms with van der Waals surface area (Å²) >= 11 is 5.95. The first-order chi connectivity index (χ1) is 14.8. The molecule has 9 nitrogen and oxygen atoms in total. The Labute approximate surface area is 181 Å². The molecule has 0 aromatic heterocycles. The fourth-order valence-electron chi connectivity index (χ4n) is 2.82. The third kappa shape index (κ3) is 5.01. The highest BCUT2D eigenvalue weighted by atomic mass is 35.5. The maximum absolute atomic E-state index is 12.9. The molecule has 10 heteroatoms. The number of nitrogens with zero attached hydrogens (tertiary/aromatic N) is 1. The number of urea groups is 1. The monoisotopic (exact) mass is 444 g/mol. The van der Waals surface area contributed by atoms with Crippen molar-refractivity contribution < 1.29 is 33.8 Å². The molecule has 2 aromatic carbocycles. The molecule has 2 N–H and O–H groups in total. The van der Waals surface area contributed by atoms with Gasteiger partial charge in [0.25, 0.3) is 11.8 Å². The molecule has 1 saturated heterocycles. The van der Waals surface area contributed by atoms with E-state index in [1.807, 2.05) is 0 Å². The minimum Gasteiger partial charge on any atom is -0.490 e. The predicted molar refractivity (Wildman–Crippen MR) is 111 cm³/mol. The summed E-state index contributed by atoms with van der Waals surface area (Å²) in [6, 6.07) is 9.69. The van der Waals surface area contributed by atoms with E-state index in [2.05, 4.69) is 5.32 Å². The van der Waals surface area contributed by atoms with Crippen molar-refractivity contribution in [3.05, 3.63) is 58.6 Å². The number of carbonyl (C=O) groups excluding carboxylic acids is 3. The second-order valence-corrected chi connectivity index (χ2v) is 6.70. The summed E-state index contributed by atoms with van der Waals surface area (Å²) in [5.74, 6) is -2.38. The number of nitrogens with one attached hydrogen (secondary N) is 1. The number of barbiturate groups is 1. The molecule has 1 fully saturated rings. The number of amides is 4. The number of aliphatic carboxylic acids is 1. The van der Waals surface area contributed by atoms with Crippen LogP contribution in [-0.4, -0.2) is 42.1 Å². The summed E-state index contributed by atoms with van der Waals surface area (Å²) in [6.07, 6.45) is 1.30. The van der Waals surface area contributed by atoms with Gasteiger partial charge in [-0.15, -0.1) is 0 Å². The van der Waals surface area contributed by atoms with Gasteiger partial charge in [-0.2, -0.15) is 0 Å². The summed E-state index contributed by atoms with van der Waals surface area (Å²) in [6.45, 7) is 1.46. The summed E-state index contributed by atoms with van der Waals surface area (Å²) < 4.78 is 10.6. The van der Waals surface area contributed by atoms with Gasteiger partial charge in [0.05, 0.1) is 12.3 Å². The van der Waals surface area contributed by atoms with E-state index in [9.17, 15) is 19.2 Å². The van der Waals surface area contributed by atoms with Crippen LogP contribution in [0.5, 0.6) is 11.5 Å². The molecule has 0 atom stereocenters. The van der Waals surface area contributed by atoms with E-state index >= 15 is 0 Å². The number of halogens is 1. The van der Waals surface area contributed by atoms with Crippen LogP contribution in [0.2, 0.25) is 5.02 Å². The molecule has 0 saturated carbocycles. The number of hydrogen-bond donors (Lipinski definition) is 2. The molecule has 2 aromatic rings. The summed E-state index contributed by atoms with van der Waals surface area (Å²) in [7, 11) is 0. The van der Waals surface area contributed by atoms with E-state index in [0.29, 0.717) is 10.6 Å². The van der Waals surface area contributed by atoms with E-state index < -0.39 is 30.4 Å². The number of ether oxygens (including phenoxy) is 2. The van der Waals surface area contributed by atoms with E-state index in [-0.39, 0.29) is 29.4 Å². The van der Waals surface area contributed by atoms with Gasteiger partial charge in [-0.3, -0.25) is 14.9 Å². The molecule has 3 rings (SSSR count). The lowest BCUT2D eigenvalue weighted by Gasteiger charge is -2.26. The maximum atomic E-state index is 12.9. The molecule has 0 spiro atoms. The highest BCUT2D eigenvalue weighted by molar-refractivity contribution is 6.39. The van der Waals surface area contributed by atoms with Gasteiger partial charge in [-0.25, -0.2) is 14.5 Å². The zero-order valence-electron chi connectivity index (χ0n) is 16.3. The topological polar surface area (TPSA) is 122 Å². The molecule has 0 bridgehead atoms. The van der Waals surface area contributed by atoms with Crippen molar-refractivity contribution in [1.82, 2.24) is 5.32 Å². The van der Waals surface area contributed by atoms with E-state index in [1.54, 1.807) is 19.1 Å². The average molecular weight is 445 g/mol. The maximum Gasteiger partial charge on any atom is 0.341 e. The van der Waals surface area contributed by atoms with E-state index in [0.717, 1.165) is 4.90 Å². The Morgan fingerprint density at radius 1 is 1.13 bits per heavy atom. The van der Waals surface area contributed by atoms with Crippen LogP contribution in [0.15, 0.2) is 48.0 Å².